The predicted octanol–water partition coefficient (Wildman–Crippen LogP) is 1.65. The summed E-state index contributed by atoms with van der Waals surface area (Å²) in [4.78, 5) is 14.6. The van der Waals surface area contributed by atoms with Gasteiger partial charge in [-0.15, -0.1) is 0 Å². The lowest BCUT2D eigenvalue weighted by Crippen LogP contribution is -2.13. The topological polar surface area (TPSA) is 94.1 Å². The Morgan fingerprint density at radius 1 is 1.44 bits per heavy atom. The fraction of sp³-hybridized carbons (Fsp3) is 0.250. The Labute approximate surface area is 103 Å². The molecule has 0 bridgehead atoms. The molecule has 92 valence electrons. The minimum Gasteiger partial charge on any atom is -0.380 e. The molecule has 1 aromatic carbocycles. The number of hydrogen-bond donors (Lipinski definition) is 2. The number of nitro benzene ring substituents is 1. The lowest BCUT2D eigenvalue weighted by molar-refractivity contribution is -0.383. The van der Waals surface area contributed by atoms with Crippen LogP contribution in [0.25, 0.3) is 10.9 Å². The lowest BCUT2D eigenvalue weighted by atomic mass is 10.1. The van der Waals surface area contributed by atoms with E-state index in [0.717, 1.165) is 17.5 Å². The third-order valence-corrected chi connectivity index (χ3v) is 3.13. The van der Waals surface area contributed by atoms with E-state index in [1.807, 2.05) is 6.07 Å². The zero-order valence-electron chi connectivity index (χ0n) is 9.54. The van der Waals surface area contributed by atoms with Crippen molar-refractivity contribution in [3.63, 3.8) is 0 Å². The van der Waals surface area contributed by atoms with E-state index in [1.54, 1.807) is 18.3 Å². The fourth-order valence-corrected chi connectivity index (χ4v) is 2.01. The van der Waals surface area contributed by atoms with Crippen molar-refractivity contribution >= 4 is 22.3 Å². The van der Waals surface area contributed by atoms with Gasteiger partial charge in [0.15, 0.2) is 0 Å². The first-order valence-corrected chi connectivity index (χ1v) is 5.71. The van der Waals surface area contributed by atoms with Crippen molar-refractivity contribution in [2.24, 2.45) is 5.73 Å². The van der Waals surface area contributed by atoms with E-state index in [2.05, 4.69) is 10.3 Å². The summed E-state index contributed by atoms with van der Waals surface area (Å²) >= 11 is 0. The molecule has 1 heterocycles. The fourth-order valence-electron chi connectivity index (χ4n) is 2.01. The van der Waals surface area contributed by atoms with Crippen LogP contribution < -0.4 is 11.1 Å². The van der Waals surface area contributed by atoms with Gasteiger partial charge in [0.25, 0.3) is 5.69 Å². The van der Waals surface area contributed by atoms with Crippen LogP contribution in [0.2, 0.25) is 0 Å². The first-order valence-electron chi connectivity index (χ1n) is 5.71. The van der Waals surface area contributed by atoms with Gasteiger partial charge in [-0.1, -0.05) is 0 Å². The van der Waals surface area contributed by atoms with Crippen LogP contribution in [0, 0.1) is 10.1 Å². The van der Waals surface area contributed by atoms with Crippen LogP contribution in [0.5, 0.6) is 0 Å². The number of non-ortho nitro benzene ring substituents is 1. The van der Waals surface area contributed by atoms with Crippen molar-refractivity contribution in [2.45, 2.75) is 18.5 Å². The minimum atomic E-state index is -0.415. The van der Waals surface area contributed by atoms with Crippen molar-refractivity contribution in [3.05, 3.63) is 40.6 Å². The van der Waals surface area contributed by atoms with Gasteiger partial charge in [-0.05, 0) is 24.6 Å². The average molecular weight is 244 g/mol. The first kappa shape index (κ1) is 10.9. The Morgan fingerprint density at radius 2 is 2.22 bits per heavy atom. The van der Waals surface area contributed by atoms with E-state index in [1.165, 1.54) is 6.07 Å². The smallest absolute Gasteiger partial charge is 0.295 e. The number of nitrogens with zero attached hydrogens (tertiary/aromatic N) is 2. The molecule has 2 atom stereocenters. The van der Waals surface area contributed by atoms with Gasteiger partial charge in [-0.3, -0.25) is 10.1 Å². The first-order chi connectivity index (χ1) is 8.66. The Kier molecular flexibility index (Phi) is 2.38. The van der Waals surface area contributed by atoms with E-state index >= 15 is 0 Å². The van der Waals surface area contributed by atoms with E-state index in [4.69, 9.17) is 5.73 Å². The molecule has 0 aliphatic heterocycles. The Morgan fingerprint density at radius 3 is 2.89 bits per heavy atom. The molecule has 1 saturated carbocycles. The Balaban J connectivity index is 2.10. The van der Waals surface area contributed by atoms with Crippen LogP contribution >= 0.6 is 0 Å². The summed E-state index contributed by atoms with van der Waals surface area (Å²) < 4.78 is 0. The lowest BCUT2D eigenvalue weighted by Gasteiger charge is -2.08. The van der Waals surface area contributed by atoms with Gasteiger partial charge in [0.2, 0.25) is 0 Å². The van der Waals surface area contributed by atoms with Crippen LogP contribution in [-0.4, -0.2) is 22.0 Å². The van der Waals surface area contributed by atoms with Crippen LogP contribution in [0.1, 0.15) is 6.42 Å². The summed E-state index contributed by atoms with van der Waals surface area (Å²) in [7, 11) is 0. The number of pyridine rings is 1. The van der Waals surface area contributed by atoms with Gasteiger partial charge in [-0.25, -0.2) is 4.98 Å². The molecule has 6 nitrogen and oxygen atoms in total. The third kappa shape index (κ3) is 1.76. The third-order valence-electron chi connectivity index (χ3n) is 3.13. The summed E-state index contributed by atoms with van der Waals surface area (Å²) in [5, 5.41) is 15.0. The van der Waals surface area contributed by atoms with Gasteiger partial charge in [-0.2, -0.15) is 0 Å². The molecular weight excluding hydrogens is 232 g/mol. The number of benzene rings is 1. The number of nitrogens with one attached hydrogen (secondary N) is 1. The summed E-state index contributed by atoms with van der Waals surface area (Å²) in [5.74, 6) is 0. The van der Waals surface area contributed by atoms with Crippen LogP contribution in [0.15, 0.2) is 30.5 Å². The molecule has 0 amide bonds. The highest BCUT2D eigenvalue weighted by atomic mass is 16.6. The Bertz CT molecular complexity index is 629. The number of nitro groups is 1. The number of nitrogens with two attached hydrogens (primary N) is 1. The molecule has 18 heavy (non-hydrogen) atoms. The van der Waals surface area contributed by atoms with E-state index in [0.29, 0.717) is 5.52 Å². The highest BCUT2D eigenvalue weighted by Gasteiger charge is 2.33. The summed E-state index contributed by atoms with van der Waals surface area (Å²) in [5.41, 5.74) is 7.03. The van der Waals surface area contributed by atoms with Crippen LogP contribution in [0.4, 0.5) is 11.4 Å². The molecule has 0 saturated heterocycles. The second-order valence-electron chi connectivity index (χ2n) is 4.44. The number of rotatable bonds is 3. The SMILES string of the molecule is NC1CC1Nc1ccc([N+](=O)[O-])c2ncccc12. The van der Waals surface area contributed by atoms with Gasteiger partial charge in [0.05, 0.1) is 4.92 Å². The number of anilines is 1. The van der Waals surface area contributed by atoms with Gasteiger partial charge in [0.1, 0.15) is 5.52 Å². The van der Waals surface area contributed by atoms with Crippen molar-refractivity contribution in [3.8, 4) is 0 Å². The molecule has 2 unspecified atom stereocenters. The summed E-state index contributed by atoms with van der Waals surface area (Å²) in [6.07, 6.45) is 2.49. The van der Waals surface area contributed by atoms with Gasteiger partial charge < -0.3 is 11.1 Å². The van der Waals surface area contributed by atoms with Crippen molar-refractivity contribution < 1.29 is 4.92 Å². The average Bonchev–Trinajstić information content (AvgIpc) is 3.05. The quantitative estimate of drug-likeness (QED) is 0.632. The molecule has 0 radical (unpaired) electrons. The molecular formula is C12H12N4O2. The zero-order chi connectivity index (χ0) is 12.7. The highest BCUT2D eigenvalue weighted by molar-refractivity contribution is 5.97. The monoisotopic (exact) mass is 244 g/mol. The largest absolute Gasteiger partial charge is 0.380 e. The van der Waals surface area contributed by atoms with Crippen molar-refractivity contribution in [1.29, 1.82) is 0 Å². The van der Waals surface area contributed by atoms with Crippen molar-refractivity contribution in [1.82, 2.24) is 4.98 Å². The Hall–Kier alpha value is -2.21. The van der Waals surface area contributed by atoms with Crippen molar-refractivity contribution in [2.75, 3.05) is 5.32 Å². The number of aromatic nitrogens is 1. The zero-order valence-corrected chi connectivity index (χ0v) is 9.54. The molecule has 3 rings (SSSR count). The maximum Gasteiger partial charge on any atom is 0.295 e. The summed E-state index contributed by atoms with van der Waals surface area (Å²) in [6, 6.07) is 7.22. The number of fused-ring (bicyclic) bond motifs is 1. The molecule has 1 aliphatic carbocycles. The molecule has 1 aromatic heterocycles. The number of hydrogen-bond acceptors (Lipinski definition) is 5. The van der Waals surface area contributed by atoms with Crippen LogP contribution in [0.3, 0.4) is 0 Å². The normalized spacial score (nSPS) is 21.8. The van der Waals surface area contributed by atoms with Crippen LogP contribution in [-0.2, 0) is 0 Å². The molecule has 1 aliphatic rings. The maximum atomic E-state index is 10.9. The summed E-state index contributed by atoms with van der Waals surface area (Å²) in [6.45, 7) is 0. The van der Waals surface area contributed by atoms with Gasteiger partial charge in [0, 0.05) is 35.4 Å². The molecule has 2 aromatic rings. The molecule has 1 fully saturated rings. The standard InChI is InChI=1S/C12H12N4O2/c13-8-6-10(8)15-9-3-4-11(16(17)18)12-7(9)2-1-5-14-12/h1-5,8,10,15H,6,13H2. The molecule has 3 N–H and O–H groups in total. The van der Waals surface area contributed by atoms with E-state index < -0.39 is 4.92 Å². The molecule has 0 spiro atoms. The molecule has 6 heteroatoms. The predicted molar refractivity (Wildman–Crippen MR) is 68.4 cm³/mol. The second-order valence-corrected chi connectivity index (χ2v) is 4.44. The van der Waals surface area contributed by atoms with E-state index in [-0.39, 0.29) is 17.8 Å². The van der Waals surface area contributed by atoms with Gasteiger partial charge >= 0.3 is 0 Å². The maximum absolute atomic E-state index is 10.9. The van der Waals surface area contributed by atoms with E-state index in [9.17, 15) is 10.1 Å². The second kappa shape index (κ2) is 3.92. The highest BCUT2D eigenvalue weighted by Crippen LogP contribution is 2.32. The minimum absolute atomic E-state index is 0.0243.